The monoisotopic (exact) mass is 235 g/mol. The fourth-order valence-corrected chi connectivity index (χ4v) is 1.20. The molecule has 0 amide bonds. The molecule has 82 valence electrons. The molecule has 0 radical (unpaired) electrons. The Kier molecular flexibility index (Phi) is 3.38. The highest BCUT2D eigenvalue weighted by Gasteiger charge is 2.22. The van der Waals surface area contributed by atoms with E-state index in [1.807, 2.05) is 0 Å². The molecule has 0 saturated heterocycles. The van der Waals surface area contributed by atoms with Crippen LogP contribution in [0.25, 0.3) is 0 Å². The third-order valence-electron chi connectivity index (χ3n) is 1.37. The Hall–Kier alpha value is -1.47. The van der Waals surface area contributed by atoms with E-state index in [1.165, 1.54) is 0 Å². The fraction of sp³-hybridized carbons (Fsp3) is 0. The first-order valence-electron chi connectivity index (χ1n) is 3.54. The molecule has 0 fully saturated rings. The van der Waals surface area contributed by atoms with Gasteiger partial charge in [0.1, 0.15) is 5.75 Å². The van der Waals surface area contributed by atoms with Crippen molar-refractivity contribution in [3.63, 3.8) is 0 Å². The van der Waals surface area contributed by atoms with Crippen LogP contribution in [0, 0.1) is 10.1 Å². The third-order valence-corrected chi connectivity index (χ3v) is 2.02. The summed E-state index contributed by atoms with van der Waals surface area (Å²) in [5.41, 5.74) is -0.194. The van der Waals surface area contributed by atoms with Gasteiger partial charge in [-0.05, 0) is 12.1 Å². The van der Waals surface area contributed by atoms with Gasteiger partial charge in [-0.15, -0.1) is 4.67 Å². The van der Waals surface area contributed by atoms with E-state index < -0.39 is 12.7 Å². The van der Waals surface area contributed by atoms with Crippen molar-refractivity contribution in [3.8, 4) is 5.75 Å². The zero-order valence-corrected chi connectivity index (χ0v) is 8.03. The van der Waals surface area contributed by atoms with Crippen molar-refractivity contribution in [2.75, 3.05) is 0 Å². The van der Waals surface area contributed by atoms with Crippen LogP contribution in [0.5, 0.6) is 5.75 Å². The molecule has 0 aliphatic heterocycles. The first-order chi connectivity index (χ1) is 6.94. The minimum absolute atomic E-state index is 0.138. The molecule has 0 bridgehead atoms. The van der Waals surface area contributed by atoms with Gasteiger partial charge in [0.2, 0.25) is 0 Å². The van der Waals surface area contributed by atoms with Crippen molar-refractivity contribution in [3.05, 3.63) is 34.4 Å². The predicted octanol–water partition coefficient (Wildman–Crippen LogP) is 1.56. The highest BCUT2D eigenvalue weighted by molar-refractivity contribution is 7.47. The molecule has 8 nitrogen and oxygen atoms in total. The molecule has 1 unspecified atom stereocenters. The summed E-state index contributed by atoms with van der Waals surface area (Å²) >= 11 is 0. The van der Waals surface area contributed by atoms with Crippen molar-refractivity contribution < 1.29 is 28.8 Å². The number of rotatable bonds is 4. The van der Waals surface area contributed by atoms with Crippen molar-refractivity contribution in [2.45, 2.75) is 0 Å². The molecule has 9 heteroatoms. The first kappa shape index (κ1) is 11.6. The Bertz CT molecular complexity index is 402. The largest absolute Gasteiger partial charge is 0.555 e. The third kappa shape index (κ3) is 3.30. The normalized spacial score (nSPS) is 14.3. The maximum atomic E-state index is 10.7. The molecular weight excluding hydrogens is 229 g/mol. The van der Waals surface area contributed by atoms with E-state index >= 15 is 0 Å². The summed E-state index contributed by atoms with van der Waals surface area (Å²) in [5, 5.41) is 18.2. The van der Waals surface area contributed by atoms with Crippen LogP contribution < -0.4 is 4.52 Å². The second kappa shape index (κ2) is 4.37. The van der Waals surface area contributed by atoms with Crippen molar-refractivity contribution in [2.24, 2.45) is 0 Å². The van der Waals surface area contributed by atoms with E-state index in [2.05, 4.69) is 9.20 Å². The van der Waals surface area contributed by atoms with Gasteiger partial charge in [-0.2, -0.15) is 0 Å². The number of benzene rings is 1. The summed E-state index contributed by atoms with van der Waals surface area (Å²) in [5.74, 6) is -0.138. The highest BCUT2D eigenvalue weighted by atomic mass is 31.2. The molecule has 0 spiro atoms. The average molecular weight is 235 g/mol. The van der Waals surface area contributed by atoms with E-state index in [9.17, 15) is 14.7 Å². The highest BCUT2D eigenvalue weighted by Crippen LogP contribution is 2.42. The van der Waals surface area contributed by atoms with Gasteiger partial charge in [0, 0.05) is 12.1 Å². The maximum Gasteiger partial charge on any atom is 0.555 e. The second-order valence-electron chi connectivity index (χ2n) is 2.39. The van der Waals surface area contributed by atoms with Crippen LogP contribution in [-0.4, -0.2) is 15.1 Å². The quantitative estimate of drug-likeness (QED) is 0.351. The van der Waals surface area contributed by atoms with Crippen LogP contribution in [0.1, 0.15) is 0 Å². The lowest BCUT2D eigenvalue weighted by Crippen LogP contribution is -1.94. The maximum absolute atomic E-state index is 10.7. The van der Waals surface area contributed by atoms with E-state index in [4.69, 9.17) is 10.2 Å². The van der Waals surface area contributed by atoms with Gasteiger partial charge in [-0.25, -0.2) is 9.82 Å². The molecule has 0 heterocycles. The van der Waals surface area contributed by atoms with Gasteiger partial charge in [0.15, 0.2) is 0 Å². The van der Waals surface area contributed by atoms with Crippen molar-refractivity contribution >= 4 is 13.5 Å². The Morgan fingerprint density at radius 1 is 1.33 bits per heavy atom. The van der Waals surface area contributed by atoms with E-state index in [1.54, 1.807) is 0 Å². The number of phosphoric ester groups is 1. The van der Waals surface area contributed by atoms with Gasteiger partial charge in [0.05, 0.1) is 4.92 Å². The minimum Gasteiger partial charge on any atom is -0.403 e. The van der Waals surface area contributed by atoms with Crippen molar-refractivity contribution in [1.82, 2.24) is 0 Å². The number of nitro groups is 1. The van der Waals surface area contributed by atoms with Crippen LogP contribution in [0.3, 0.4) is 0 Å². The first-order valence-corrected chi connectivity index (χ1v) is 5.04. The Labute approximate surface area is 83.4 Å². The minimum atomic E-state index is -4.55. The zero-order valence-electron chi connectivity index (χ0n) is 7.14. The van der Waals surface area contributed by atoms with Crippen LogP contribution >= 0.6 is 7.82 Å². The second-order valence-corrected chi connectivity index (χ2v) is 3.68. The van der Waals surface area contributed by atoms with E-state index in [-0.39, 0.29) is 11.4 Å². The van der Waals surface area contributed by atoms with Gasteiger partial charge in [0.25, 0.3) is 5.69 Å². The standard InChI is InChI=1S/C6H6NO7P/c8-7(9)5-1-3-6(4-2-5)13-15(11,12)14-10/h1-4,10H,(H,11,12). The summed E-state index contributed by atoms with van der Waals surface area (Å²) in [7, 11) is -4.55. The molecule has 1 aromatic rings. The zero-order chi connectivity index (χ0) is 11.5. The smallest absolute Gasteiger partial charge is 0.403 e. The van der Waals surface area contributed by atoms with Gasteiger partial charge < -0.3 is 4.52 Å². The van der Waals surface area contributed by atoms with Gasteiger partial charge in [-0.3, -0.25) is 15.0 Å². The Morgan fingerprint density at radius 3 is 2.27 bits per heavy atom. The van der Waals surface area contributed by atoms with Gasteiger partial charge >= 0.3 is 7.82 Å². The lowest BCUT2D eigenvalue weighted by atomic mass is 10.3. The molecular formula is C6H6NO7P. The number of nitrogens with zero attached hydrogens (tertiary/aromatic N) is 1. The SMILES string of the molecule is O=[N+]([O-])c1ccc(OP(=O)(O)OO)cc1. The number of hydrogen-bond donors (Lipinski definition) is 2. The molecule has 0 saturated carbocycles. The lowest BCUT2D eigenvalue weighted by molar-refractivity contribution is -0.384. The lowest BCUT2D eigenvalue weighted by Gasteiger charge is -2.07. The van der Waals surface area contributed by atoms with Gasteiger partial charge in [-0.1, -0.05) is 0 Å². The molecule has 0 aliphatic carbocycles. The average Bonchev–Trinajstić information content (AvgIpc) is 2.18. The Balaban J connectivity index is 2.82. The molecule has 0 aromatic heterocycles. The summed E-state index contributed by atoms with van der Waals surface area (Å²) in [6.07, 6.45) is 0. The summed E-state index contributed by atoms with van der Waals surface area (Å²) < 4.78 is 18.2. The number of non-ortho nitro benzene ring substituents is 1. The van der Waals surface area contributed by atoms with Crippen LogP contribution in [0.2, 0.25) is 0 Å². The molecule has 15 heavy (non-hydrogen) atoms. The molecule has 1 rings (SSSR count). The topological polar surface area (TPSA) is 119 Å². The van der Waals surface area contributed by atoms with Crippen LogP contribution in [0.4, 0.5) is 5.69 Å². The van der Waals surface area contributed by atoms with E-state index in [0.717, 1.165) is 24.3 Å². The molecule has 1 atom stereocenters. The fourth-order valence-electron chi connectivity index (χ4n) is 0.779. The van der Waals surface area contributed by atoms with Crippen molar-refractivity contribution in [1.29, 1.82) is 0 Å². The molecule has 1 aromatic carbocycles. The Morgan fingerprint density at radius 2 is 1.87 bits per heavy atom. The molecule has 0 aliphatic rings. The summed E-state index contributed by atoms with van der Waals surface area (Å²) in [6, 6.07) is 4.35. The van der Waals surface area contributed by atoms with E-state index in [0.29, 0.717) is 0 Å². The number of phosphoric acid groups is 1. The number of nitro benzene ring substituents is 1. The predicted molar refractivity (Wildman–Crippen MR) is 47.3 cm³/mol. The van der Waals surface area contributed by atoms with Crippen LogP contribution in [0.15, 0.2) is 24.3 Å². The summed E-state index contributed by atoms with van der Waals surface area (Å²) in [6.45, 7) is 0. The van der Waals surface area contributed by atoms with Crippen LogP contribution in [-0.2, 0) is 9.24 Å². The number of hydrogen-bond acceptors (Lipinski definition) is 6. The summed E-state index contributed by atoms with van der Waals surface area (Å²) in [4.78, 5) is 18.3. The molecule has 2 N–H and O–H groups in total.